The van der Waals surface area contributed by atoms with Crippen molar-refractivity contribution in [1.29, 1.82) is 0 Å². The van der Waals surface area contributed by atoms with Gasteiger partial charge in [-0.1, -0.05) is 13.8 Å². The number of benzene rings is 1. The van der Waals surface area contributed by atoms with Gasteiger partial charge in [0.05, 0.1) is 20.8 Å². The first-order valence-electron chi connectivity index (χ1n) is 5.46. The van der Waals surface area contributed by atoms with E-state index < -0.39 is 0 Å². The van der Waals surface area contributed by atoms with Gasteiger partial charge in [0.25, 0.3) is 0 Å². The van der Waals surface area contributed by atoms with Crippen molar-refractivity contribution in [3.05, 3.63) is 23.8 Å². The fourth-order valence-electron chi connectivity index (χ4n) is 1.80. The standard InChI is InChI=1S/C13H20O3/c1-9(2)12(8-14)11-7-10(15-3)5-6-13(11)16-4/h5-7,9,12,14H,8H2,1-4H3. The first kappa shape index (κ1) is 12.8. The summed E-state index contributed by atoms with van der Waals surface area (Å²) in [5.74, 6) is 2.01. The first-order valence-corrected chi connectivity index (χ1v) is 5.46. The maximum atomic E-state index is 9.44. The average molecular weight is 224 g/mol. The van der Waals surface area contributed by atoms with Gasteiger partial charge < -0.3 is 14.6 Å². The summed E-state index contributed by atoms with van der Waals surface area (Å²) in [5.41, 5.74) is 0.999. The third kappa shape index (κ3) is 2.67. The van der Waals surface area contributed by atoms with Crippen LogP contribution in [-0.4, -0.2) is 25.9 Å². The van der Waals surface area contributed by atoms with Gasteiger partial charge in [-0.15, -0.1) is 0 Å². The summed E-state index contributed by atoms with van der Waals surface area (Å²) in [6.45, 7) is 4.28. The molecule has 0 heterocycles. The summed E-state index contributed by atoms with van der Waals surface area (Å²) in [6.07, 6.45) is 0. The molecule has 1 unspecified atom stereocenters. The molecule has 0 aliphatic rings. The number of ether oxygens (including phenoxy) is 2. The van der Waals surface area contributed by atoms with Crippen molar-refractivity contribution in [3.8, 4) is 11.5 Å². The molecular weight excluding hydrogens is 204 g/mol. The van der Waals surface area contributed by atoms with Crippen LogP contribution in [0.1, 0.15) is 25.3 Å². The highest BCUT2D eigenvalue weighted by atomic mass is 16.5. The molecule has 0 amide bonds. The van der Waals surface area contributed by atoms with Crippen molar-refractivity contribution in [2.75, 3.05) is 20.8 Å². The number of hydrogen-bond acceptors (Lipinski definition) is 3. The molecule has 16 heavy (non-hydrogen) atoms. The van der Waals surface area contributed by atoms with E-state index in [1.165, 1.54) is 0 Å². The van der Waals surface area contributed by atoms with Gasteiger partial charge in [0.15, 0.2) is 0 Å². The Labute approximate surface area is 97.0 Å². The van der Waals surface area contributed by atoms with Gasteiger partial charge in [-0.3, -0.25) is 0 Å². The van der Waals surface area contributed by atoms with E-state index in [1.807, 2.05) is 18.2 Å². The van der Waals surface area contributed by atoms with Crippen LogP contribution in [-0.2, 0) is 0 Å². The van der Waals surface area contributed by atoms with Crippen LogP contribution in [0.2, 0.25) is 0 Å². The Bertz CT molecular complexity index is 334. The van der Waals surface area contributed by atoms with Gasteiger partial charge in [-0.25, -0.2) is 0 Å². The van der Waals surface area contributed by atoms with E-state index in [0.29, 0.717) is 5.92 Å². The van der Waals surface area contributed by atoms with Crippen LogP contribution in [0.5, 0.6) is 11.5 Å². The van der Waals surface area contributed by atoms with E-state index in [1.54, 1.807) is 14.2 Å². The summed E-state index contributed by atoms with van der Waals surface area (Å²) >= 11 is 0. The number of rotatable bonds is 5. The van der Waals surface area contributed by atoms with Gasteiger partial charge in [-0.05, 0) is 24.1 Å². The molecular formula is C13H20O3. The van der Waals surface area contributed by atoms with Crippen LogP contribution < -0.4 is 9.47 Å². The molecule has 0 aliphatic heterocycles. The minimum absolute atomic E-state index is 0.0741. The SMILES string of the molecule is COc1ccc(OC)c(C(CO)C(C)C)c1. The van der Waals surface area contributed by atoms with Gasteiger partial charge in [-0.2, -0.15) is 0 Å². The minimum atomic E-state index is 0.0741. The molecule has 0 radical (unpaired) electrons. The number of aliphatic hydroxyl groups is 1. The lowest BCUT2D eigenvalue weighted by Gasteiger charge is -2.21. The molecule has 0 spiro atoms. The number of hydrogen-bond donors (Lipinski definition) is 1. The van der Waals surface area contributed by atoms with Crippen molar-refractivity contribution in [3.63, 3.8) is 0 Å². The normalized spacial score (nSPS) is 12.6. The number of aliphatic hydroxyl groups excluding tert-OH is 1. The van der Waals surface area contributed by atoms with Gasteiger partial charge in [0, 0.05) is 11.5 Å². The molecule has 1 aromatic carbocycles. The van der Waals surface area contributed by atoms with E-state index >= 15 is 0 Å². The molecule has 3 heteroatoms. The summed E-state index contributed by atoms with van der Waals surface area (Å²) in [6, 6.07) is 5.66. The third-order valence-corrected chi connectivity index (χ3v) is 2.84. The quantitative estimate of drug-likeness (QED) is 0.835. The van der Waals surface area contributed by atoms with E-state index in [-0.39, 0.29) is 12.5 Å². The van der Waals surface area contributed by atoms with Crippen LogP contribution >= 0.6 is 0 Å². The van der Waals surface area contributed by atoms with E-state index in [4.69, 9.17) is 9.47 Å². The highest BCUT2D eigenvalue weighted by Gasteiger charge is 2.19. The molecule has 0 saturated carbocycles. The molecule has 90 valence electrons. The molecule has 0 saturated heterocycles. The first-order chi connectivity index (χ1) is 7.63. The molecule has 1 N–H and O–H groups in total. The fourth-order valence-corrected chi connectivity index (χ4v) is 1.80. The van der Waals surface area contributed by atoms with Crippen molar-refractivity contribution in [1.82, 2.24) is 0 Å². The van der Waals surface area contributed by atoms with Crippen molar-refractivity contribution in [2.24, 2.45) is 5.92 Å². The van der Waals surface area contributed by atoms with Crippen molar-refractivity contribution >= 4 is 0 Å². The summed E-state index contributed by atoms with van der Waals surface area (Å²) < 4.78 is 10.5. The maximum Gasteiger partial charge on any atom is 0.122 e. The molecule has 0 fully saturated rings. The third-order valence-electron chi connectivity index (χ3n) is 2.84. The van der Waals surface area contributed by atoms with Gasteiger partial charge >= 0.3 is 0 Å². The highest BCUT2D eigenvalue weighted by molar-refractivity contribution is 5.42. The Morgan fingerprint density at radius 1 is 1.19 bits per heavy atom. The predicted octanol–water partition coefficient (Wildman–Crippen LogP) is 2.44. The van der Waals surface area contributed by atoms with Crippen LogP contribution in [0, 0.1) is 5.92 Å². The van der Waals surface area contributed by atoms with Crippen LogP contribution in [0.4, 0.5) is 0 Å². The van der Waals surface area contributed by atoms with Crippen LogP contribution in [0.25, 0.3) is 0 Å². The molecule has 0 bridgehead atoms. The summed E-state index contributed by atoms with van der Waals surface area (Å²) in [4.78, 5) is 0. The van der Waals surface area contributed by atoms with Crippen molar-refractivity contribution in [2.45, 2.75) is 19.8 Å². The average Bonchev–Trinajstić information content (AvgIpc) is 2.29. The Morgan fingerprint density at radius 2 is 1.88 bits per heavy atom. The van der Waals surface area contributed by atoms with E-state index in [2.05, 4.69) is 13.8 Å². The number of methoxy groups -OCH3 is 2. The molecule has 1 aromatic rings. The van der Waals surface area contributed by atoms with E-state index in [0.717, 1.165) is 17.1 Å². The second kappa shape index (κ2) is 5.75. The second-order valence-corrected chi connectivity index (χ2v) is 4.14. The largest absolute Gasteiger partial charge is 0.497 e. The topological polar surface area (TPSA) is 38.7 Å². The lowest BCUT2D eigenvalue weighted by Crippen LogP contribution is -2.12. The van der Waals surface area contributed by atoms with Crippen LogP contribution in [0.15, 0.2) is 18.2 Å². The molecule has 0 aliphatic carbocycles. The zero-order chi connectivity index (χ0) is 12.1. The highest BCUT2D eigenvalue weighted by Crippen LogP contribution is 2.34. The van der Waals surface area contributed by atoms with E-state index in [9.17, 15) is 5.11 Å². The Kier molecular flexibility index (Phi) is 4.62. The lowest BCUT2D eigenvalue weighted by molar-refractivity contribution is 0.233. The lowest BCUT2D eigenvalue weighted by atomic mass is 9.88. The smallest absolute Gasteiger partial charge is 0.122 e. The zero-order valence-electron chi connectivity index (χ0n) is 10.4. The molecule has 3 nitrogen and oxygen atoms in total. The van der Waals surface area contributed by atoms with Crippen molar-refractivity contribution < 1.29 is 14.6 Å². The Hall–Kier alpha value is -1.22. The fraction of sp³-hybridized carbons (Fsp3) is 0.538. The molecule has 0 aromatic heterocycles. The second-order valence-electron chi connectivity index (χ2n) is 4.14. The molecule has 1 atom stereocenters. The van der Waals surface area contributed by atoms with Crippen LogP contribution in [0.3, 0.4) is 0 Å². The maximum absolute atomic E-state index is 9.44. The van der Waals surface area contributed by atoms with Gasteiger partial charge in [0.2, 0.25) is 0 Å². The van der Waals surface area contributed by atoms with Gasteiger partial charge in [0.1, 0.15) is 11.5 Å². The predicted molar refractivity (Wildman–Crippen MR) is 64.2 cm³/mol. The zero-order valence-corrected chi connectivity index (χ0v) is 10.4. The monoisotopic (exact) mass is 224 g/mol. The summed E-state index contributed by atoms with van der Waals surface area (Å²) in [7, 11) is 3.27. The Morgan fingerprint density at radius 3 is 2.31 bits per heavy atom. The Balaban J connectivity index is 3.15. The summed E-state index contributed by atoms with van der Waals surface area (Å²) in [5, 5.41) is 9.44. The molecule has 1 rings (SSSR count). The minimum Gasteiger partial charge on any atom is -0.497 e.